The van der Waals surface area contributed by atoms with Crippen LogP contribution in [-0.4, -0.2) is 51.1 Å². The summed E-state index contributed by atoms with van der Waals surface area (Å²) < 4.78 is 42.4. The van der Waals surface area contributed by atoms with Crippen LogP contribution in [-0.2, 0) is 14.2 Å². The van der Waals surface area contributed by atoms with Crippen molar-refractivity contribution in [3.8, 4) is 22.6 Å². The third-order valence-corrected chi connectivity index (χ3v) is 8.26. The summed E-state index contributed by atoms with van der Waals surface area (Å²) in [6, 6.07) is 18.6. The van der Waals surface area contributed by atoms with Crippen molar-refractivity contribution in [1.82, 2.24) is 0 Å². The van der Waals surface area contributed by atoms with Crippen molar-refractivity contribution in [1.29, 1.82) is 0 Å². The van der Waals surface area contributed by atoms with Gasteiger partial charge in [-0.05, 0) is 86.6 Å². The normalized spacial score (nSPS) is 14.2. The minimum atomic E-state index is -0.799. The van der Waals surface area contributed by atoms with Crippen molar-refractivity contribution in [2.75, 3.05) is 33.0 Å². The van der Waals surface area contributed by atoms with E-state index in [0.717, 1.165) is 107 Å². The van der Waals surface area contributed by atoms with Gasteiger partial charge in [-0.1, -0.05) is 63.8 Å². The molecule has 1 saturated heterocycles. The Kier molecular flexibility index (Phi) is 14.2. The lowest BCUT2D eigenvalue weighted by molar-refractivity contribution is -0.137. The van der Waals surface area contributed by atoms with Gasteiger partial charge in [0.2, 0.25) is 0 Å². The maximum Gasteiger partial charge on any atom is 0.343 e. The summed E-state index contributed by atoms with van der Waals surface area (Å²) >= 11 is 0. The summed E-state index contributed by atoms with van der Waals surface area (Å²) in [6.07, 6.45) is 9.00. The highest BCUT2D eigenvalue weighted by Gasteiger charge is 2.33. The average Bonchev–Trinajstić information content (AvgIpc) is 3.05. The van der Waals surface area contributed by atoms with E-state index in [1.807, 2.05) is 43.3 Å². The lowest BCUT2D eigenvalue weighted by atomic mass is 9.90. The third kappa shape index (κ3) is 11.8. The molecule has 3 aromatic rings. The summed E-state index contributed by atoms with van der Waals surface area (Å²) in [7, 11) is 0. The van der Waals surface area contributed by atoms with Gasteiger partial charge in [0.05, 0.1) is 43.7 Å². The second-order valence-electron chi connectivity index (χ2n) is 12.8. The van der Waals surface area contributed by atoms with Crippen molar-refractivity contribution in [3.05, 3.63) is 83.7 Å². The summed E-state index contributed by atoms with van der Waals surface area (Å²) in [5.41, 5.74) is 2.27. The highest BCUT2D eigenvalue weighted by atomic mass is 19.1. The quantitative estimate of drug-likeness (QED) is 0.0686. The SMILES string of the molecule is CCCCCCC(C)OC(=O)c1ccc(OC(=O)c2ccc(-c3ccc(OCCCCCCOCC4(C)COC4)cc3)cc2)cc1F. The molecule has 47 heavy (non-hydrogen) atoms. The van der Waals surface area contributed by atoms with Crippen molar-refractivity contribution >= 4 is 11.9 Å². The molecule has 8 heteroatoms. The van der Waals surface area contributed by atoms with Gasteiger partial charge in [0.15, 0.2) is 0 Å². The predicted molar refractivity (Wildman–Crippen MR) is 181 cm³/mol. The first-order valence-corrected chi connectivity index (χ1v) is 17.0. The molecule has 1 fully saturated rings. The molecule has 254 valence electrons. The maximum absolute atomic E-state index is 14.7. The number of carbonyl (C=O) groups is 2. The van der Waals surface area contributed by atoms with Crippen LogP contribution >= 0.6 is 0 Å². The zero-order chi connectivity index (χ0) is 33.5. The molecular weight excluding hydrogens is 599 g/mol. The van der Waals surface area contributed by atoms with Crippen molar-refractivity contribution in [2.24, 2.45) is 5.41 Å². The molecule has 7 nitrogen and oxygen atoms in total. The Balaban J connectivity index is 1.16. The summed E-state index contributed by atoms with van der Waals surface area (Å²) in [4.78, 5) is 25.2. The Hall–Kier alpha value is -3.75. The van der Waals surface area contributed by atoms with Gasteiger partial charge in [-0.25, -0.2) is 14.0 Å². The number of halogens is 1. The van der Waals surface area contributed by atoms with E-state index in [-0.39, 0.29) is 22.8 Å². The van der Waals surface area contributed by atoms with Gasteiger partial charge in [-0.15, -0.1) is 0 Å². The predicted octanol–water partition coefficient (Wildman–Crippen LogP) is 9.22. The zero-order valence-corrected chi connectivity index (χ0v) is 28.1. The van der Waals surface area contributed by atoms with Crippen LogP contribution < -0.4 is 9.47 Å². The molecule has 1 atom stereocenters. The van der Waals surface area contributed by atoms with E-state index in [1.165, 1.54) is 12.1 Å². The van der Waals surface area contributed by atoms with E-state index >= 15 is 0 Å². The Morgan fingerprint density at radius 3 is 2.09 bits per heavy atom. The molecule has 4 rings (SSSR count). The van der Waals surface area contributed by atoms with Crippen LogP contribution in [0.1, 0.15) is 99.3 Å². The number of carbonyl (C=O) groups excluding carboxylic acids is 2. The molecule has 0 saturated carbocycles. The second kappa shape index (κ2) is 18.6. The lowest BCUT2D eigenvalue weighted by Crippen LogP contribution is -2.43. The summed E-state index contributed by atoms with van der Waals surface area (Å²) in [5, 5.41) is 0. The van der Waals surface area contributed by atoms with Crippen molar-refractivity contribution < 1.29 is 37.7 Å². The lowest BCUT2D eigenvalue weighted by Gasteiger charge is -2.37. The van der Waals surface area contributed by atoms with Crippen LogP contribution in [0.5, 0.6) is 11.5 Å². The second-order valence-corrected chi connectivity index (χ2v) is 12.8. The van der Waals surface area contributed by atoms with Crippen LogP contribution in [0.3, 0.4) is 0 Å². The molecule has 0 aliphatic carbocycles. The first-order valence-electron chi connectivity index (χ1n) is 17.0. The molecule has 1 unspecified atom stereocenters. The molecule has 1 heterocycles. The molecule has 0 aromatic heterocycles. The standard InChI is InChI=1S/C39H49FO7/c1-4-5-6-9-12-29(2)46-38(42)35-22-21-34(25-36(35)40)47-37(41)32-15-13-30(14-16-32)31-17-19-33(20-18-31)45-24-11-8-7-10-23-43-26-39(3)27-44-28-39/h13-22,25,29H,4-12,23-24,26-28H2,1-3H3. The molecule has 1 aliphatic rings. The fourth-order valence-electron chi connectivity index (χ4n) is 5.30. The zero-order valence-electron chi connectivity index (χ0n) is 28.1. The first kappa shape index (κ1) is 36.1. The van der Waals surface area contributed by atoms with E-state index in [1.54, 1.807) is 12.1 Å². The van der Waals surface area contributed by atoms with Gasteiger partial charge >= 0.3 is 11.9 Å². The smallest absolute Gasteiger partial charge is 0.343 e. The van der Waals surface area contributed by atoms with Gasteiger partial charge in [-0.3, -0.25) is 0 Å². The van der Waals surface area contributed by atoms with Gasteiger partial charge in [-0.2, -0.15) is 0 Å². The van der Waals surface area contributed by atoms with Crippen LogP contribution in [0, 0.1) is 11.2 Å². The third-order valence-electron chi connectivity index (χ3n) is 8.26. The van der Waals surface area contributed by atoms with Gasteiger partial charge < -0.3 is 23.7 Å². The molecular formula is C39H49FO7. The van der Waals surface area contributed by atoms with Gasteiger partial charge in [0, 0.05) is 18.1 Å². The fraction of sp³-hybridized carbons (Fsp3) is 0.487. The monoisotopic (exact) mass is 648 g/mol. The molecule has 1 aliphatic heterocycles. The Bertz CT molecular complexity index is 1400. The van der Waals surface area contributed by atoms with Crippen LogP contribution in [0.2, 0.25) is 0 Å². The Morgan fingerprint density at radius 2 is 1.45 bits per heavy atom. The minimum absolute atomic E-state index is 0.00920. The van der Waals surface area contributed by atoms with Crippen LogP contribution in [0.25, 0.3) is 11.1 Å². The average molecular weight is 649 g/mol. The van der Waals surface area contributed by atoms with Crippen LogP contribution in [0.15, 0.2) is 66.7 Å². The maximum atomic E-state index is 14.7. The van der Waals surface area contributed by atoms with Gasteiger partial charge in [0.1, 0.15) is 17.3 Å². The number of hydrogen-bond acceptors (Lipinski definition) is 7. The molecule has 0 bridgehead atoms. The van der Waals surface area contributed by atoms with Gasteiger partial charge in [0.25, 0.3) is 0 Å². The highest BCUT2D eigenvalue weighted by Crippen LogP contribution is 2.27. The summed E-state index contributed by atoms with van der Waals surface area (Å²) in [6.45, 7) is 9.99. The number of rotatable bonds is 20. The van der Waals surface area contributed by atoms with Crippen molar-refractivity contribution in [3.63, 3.8) is 0 Å². The number of benzene rings is 3. The fourth-order valence-corrected chi connectivity index (χ4v) is 5.30. The number of esters is 2. The largest absolute Gasteiger partial charge is 0.494 e. The minimum Gasteiger partial charge on any atom is -0.494 e. The number of unbranched alkanes of at least 4 members (excludes halogenated alkanes) is 6. The van der Waals surface area contributed by atoms with Crippen molar-refractivity contribution in [2.45, 2.75) is 84.7 Å². The molecule has 0 N–H and O–H groups in total. The number of ether oxygens (including phenoxy) is 5. The van der Waals surface area contributed by atoms with Crippen LogP contribution in [0.4, 0.5) is 4.39 Å². The molecule has 3 aromatic carbocycles. The Labute approximate surface area is 278 Å². The summed E-state index contributed by atoms with van der Waals surface area (Å²) in [5.74, 6) is -1.32. The Morgan fingerprint density at radius 1 is 0.809 bits per heavy atom. The first-order chi connectivity index (χ1) is 22.8. The molecule has 0 spiro atoms. The topological polar surface area (TPSA) is 80.3 Å². The molecule has 0 amide bonds. The van der Waals surface area contributed by atoms with E-state index in [4.69, 9.17) is 23.7 Å². The molecule has 0 radical (unpaired) electrons. The van der Waals surface area contributed by atoms with E-state index in [0.29, 0.717) is 12.2 Å². The highest BCUT2D eigenvalue weighted by molar-refractivity contribution is 5.92. The van der Waals surface area contributed by atoms with E-state index < -0.39 is 17.8 Å². The number of hydrogen-bond donors (Lipinski definition) is 0. The van der Waals surface area contributed by atoms with E-state index in [2.05, 4.69) is 13.8 Å². The van der Waals surface area contributed by atoms with E-state index in [9.17, 15) is 14.0 Å².